The Hall–Kier alpha value is -4.66. The molecule has 2 aromatic heterocycles. The lowest BCUT2D eigenvalue weighted by atomic mass is 10.1. The van der Waals surface area contributed by atoms with Gasteiger partial charge in [-0.1, -0.05) is 18.2 Å². The molecule has 0 saturated heterocycles. The molecule has 18 heteroatoms. The predicted molar refractivity (Wildman–Crippen MR) is 216 cm³/mol. The fraction of sp³-hybridized carbons (Fsp3) is 0.421. The SMILES string of the molecule is CC(C)(C)OC(=O)CN(CC(=O)OC(C)(C)C)C(=O)Cn1ccnc1CN(CCc1ccc(S(N)(=O)=O)cc1)Cc1nccn1CC(=O)Nc1cccc(I)c1. The molecule has 2 aromatic carbocycles. The number of ether oxygens (including phenoxy) is 2. The number of benzene rings is 2. The van der Waals surface area contributed by atoms with Gasteiger partial charge in [-0.2, -0.15) is 0 Å². The van der Waals surface area contributed by atoms with E-state index in [1.807, 2.05) is 29.2 Å². The summed E-state index contributed by atoms with van der Waals surface area (Å²) in [6.07, 6.45) is 7.01. The Morgan fingerprint density at radius 2 is 1.36 bits per heavy atom. The summed E-state index contributed by atoms with van der Waals surface area (Å²) in [5.74, 6) is -1.01. The van der Waals surface area contributed by atoms with Gasteiger partial charge in [-0.05, 0) is 106 Å². The van der Waals surface area contributed by atoms with Gasteiger partial charge in [0.15, 0.2) is 0 Å². The Labute approximate surface area is 340 Å². The topological polar surface area (TPSA) is 201 Å². The van der Waals surface area contributed by atoms with Gasteiger partial charge in [-0.15, -0.1) is 0 Å². The van der Waals surface area contributed by atoms with Crippen molar-refractivity contribution in [2.75, 3.05) is 25.0 Å². The maximum atomic E-state index is 13.8. The number of amides is 2. The van der Waals surface area contributed by atoms with Gasteiger partial charge in [0.1, 0.15) is 49.0 Å². The number of imidazole rings is 2. The Kier molecular flexibility index (Phi) is 14.9. The van der Waals surface area contributed by atoms with E-state index in [0.717, 1.165) is 14.0 Å². The number of carbonyl (C=O) groups excluding carboxylic acids is 4. The minimum absolute atomic E-state index is 0.00250. The van der Waals surface area contributed by atoms with Crippen molar-refractivity contribution >= 4 is 62.1 Å². The number of esters is 2. The van der Waals surface area contributed by atoms with Crippen LogP contribution < -0.4 is 10.5 Å². The Bertz CT molecular complexity index is 2070. The summed E-state index contributed by atoms with van der Waals surface area (Å²) in [6.45, 7) is 10.1. The highest BCUT2D eigenvalue weighted by molar-refractivity contribution is 14.1. The zero-order chi connectivity index (χ0) is 41.3. The molecule has 56 heavy (non-hydrogen) atoms. The number of hydrogen-bond acceptors (Lipinski definition) is 11. The average Bonchev–Trinajstić information content (AvgIpc) is 3.69. The fourth-order valence-electron chi connectivity index (χ4n) is 5.48. The number of nitrogens with zero attached hydrogens (tertiary/aromatic N) is 6. The molecule has 2 amide bonds. The van der Waals surface area contributed by atoms with Crippen molar-refractivity contribution < 1.29 is 37.1 Å². The first-order chi connectivity index (χ1) is 26.1. The van der Waals surface area contributed by atoms with Crippen molar-refractivity contribution in [1.82, 2.24) is 28.9 Å². The number of nitrogens with two attached hydrogens (primary N) is 1. The van der Waals surface area contributed by atoms with Crippen LogP contribution >= 0.6 is 22.6 Å². The lowest BCUT2D eigenvalue weighted by Crippen LogP contribution is -2.44. The molecule has 0 unspecified atom stereocenters. The van der Waals surface area contributed by atoms with Gasteiger partial charge >= 0.3 is 11.9 Å². The third-order valence-electron chi connectivity index (χ3n) is 7.86. The number of carbonyl (C=O) groups is 4. The largest absolute Gasteiger partial charge is 0.459 e. The first-order valence-corrected chi connectivity index (χ1v) is 20.4. The lowest BCUT2D eigenvalue weighted by molar-refractivity contribution is -0.164. The first-order valence-electron chi connectivity index (χ1n) is 17.7. The molecular weight excluding hydrogens is 855 g/mol. The van der Waals surface area contributed by atoms with Crippen LogP contribution in [-0.2, 0) is 71.3 Å². The zero-order valence-corrected chi connectivity index (χ0v) is 35.4. The second-order valence-corrected chi connectivity index (χ2v) is 17.9. The summed E-state index contributed by atoms with van der Waals surface area (Å²) < 4.78 is 38.9. The molecule has 2 heterocycles. The number of nitrogens with one attached hydrogen (secondary N) is 1. The van der Waals surface area contributed by atoms with E-state index in [9.17, 15) is 27.6 Å². The minimum Gasteiger partial charge on any atom is -0.459 e. The lowest BCUT2D eigenvalue weighted by Gasteiger charge is -2.27. The molecule has 16 nitrogen and oxygen atoms in total. The van der Waals surface area contributed by atoms with Crippen LogP contribution in [0.1, 0.15) is 58.8 Å². The maximum Gasteiger partial charge on any atom is 0.326 e. The van der Waals surface area contributed by atoms with Crippen molar-refractivity contribution in [3.05, 3.63) is 94.1 Å². The summed E-state index contributed by atoms with van der Waals surface area (Å²) in [6, 6.07) is 13.8. The molecule has 0 bridgehead atoms. The Morgan fingerprint density at radius 1 is 0.821 bits per heavy atom. The Balaban J connectivity index is 1.55. The number of aromatic nitrogens is 4. The average molecular weight is 905 g/mol. The molecular formula is C38H49IN8O8S. The maximum absolute atomic E-state index is 13.8. The second kappa shape index (κ2) is 19.0. The van der Waals surface area contributed by atoms with E-state index in [1.54, 1.807) is 87.6 Å². The highest BCUT2D eigenvalue weighted by Crippen LogP contribution is 2.16. The third-order valence-corrected chi connectivity index (χ3v) is 9.46. The van der Waals surface area contributed by atoms with Gasteiger partial charge < -0.3 is 28.8 Å². The van der Waals surface area contributed by atoms with E-state index in [4.69, 9.17) is 14.6 Å². The van der Waals surface area contributed by atoms with Gasteiger partial charge in [0.2, 0.25) is 21.8 Å². The molecule has 0 radical (unpaired) electrons. The van der Waals surface area contributed by atoms with Crippen LogP contribution in [0.25, 0.3) is 0 Å². The summed E-state index contributed by atoms with van der Waals surface area (Å²) in [5, 5.41) is 8.20. The number of halogens is 1. The quantitative estimate of drug-likeness (QED) is 0.116. The van der Waals surface area contributed by atoms with Crippen molar-refractivity contribution in [3.8, 4) is 0 Å². The molecule has 0 saturated carbocycles. The van der Waals surface area contributed by atoms with Crippen LogP contribution in [0.5, 0.6) is 0 Å². The van der Waals surface area contributed by atoms with Gasteiger partial charge in [-0.25, -0.2) is 23.5 Å². The molecule has 4 aromatic rings. The number of hydrogen-bond donors (Lipinski definition) is 2. The number of primary sulfonamides is 1. The van der Waals surface area contributed by atoms with Crippen molar-refractivity contribution in [2.24, 2.45) is 5.14 Å². The summed E-state index contributed by atoms with van der Waals surface area (Å²) in [7, 11) is -3.86. The third kappa shape index (κ3) is 14.8. The van der Waals surface area contributed by atoms with E-state index in [2.05, 4.69) is 37.9 Å². The molecule has 0 fully saturated rings. The van der Waals surface area contributed by atoms with Crippen LogP contribution in [0.3, 0.4) is 0 Å². The van der Waals surface area contributed by atoms with Gasteiger partial charge in [0.25, 0.3) is 0 Å². The van der Waals surface area contributed by atoms with Crippen LogP contribution in [0.15, 0.2) is 78.2 Å². The zero-order valence-electron chi connectivity index (χ0n) is 32.4. The van der Waals surface area contributed by atoms with Crippen LogP contribution in [0.2, 0.25) is 0 Å². The molecule has 4 rings (SSSR count). The van der Waals surface area contributed by atoms with Crippen LogP contribution in [0.4, 0.5) is 5.69 Å². The predicted octanol–water partition coefficient (Wildman–Crippen LogP) is 3.73. The van der Waals surface area contributed by atoms with Crippen LogP contribution in [0, 0.1) is 3.57 Å². The molecule has 302 valence electrons. The van der Waals surface area contributed by atoms with Gasteiger partial charge in [-0.3, -0.25) is 24.1 Å². The van der Waals surface area contributed by atoms with Crippen LogP contribution in [-0.4, -0.2) is 91.9 Å². The normalized spacial score (nSPS) is 12.0. The Morgan fingerprint density at radius 3 is 1.86 bits per heavy atom. The summed E-state index contributed by atoms with van der Waals surface area (Å²) >= 11 is 2.18. The number of anilines is 1. The van der Waals surface area contributed by atoms with E-state index in [0.29, 0.717) is 30.3 Å². The first kappa shape index (κ1) is 44.1. The van der Waals surface area contributed by atoms with E-state index in [1.165, 1.54) is 12.1 Å². The summed E-state index contributed by atoms with van der Waals surface area (Å²) in [4.78, 5) is 64.6. The van der Waals surface area contributed by atoms with Crippen molar-refractivity contribution in [2.45, 2.75) is 90.2 Å². The molecule has 3 N–H and O–H groups in total. The standard InChI is InChI=1S/C38H49IN8O8S/c1-37(2,3)54-35(50)25-47(26-36(51)55-38(4,5)6)34(49)24-46-19-16-42-32(46)22-44(17-14-27-10-12-30(13-11-27)56(40,52)53)21-31-41-15-18-45(31)23-33(48)43-29-9-7-8-28(39)20-29/h7-13,15-16,18-20H,14,17,21-26H2,1-6H3,(H,43,48)(H2,40,52,53). The molecule has 0 aliphatic rings. The van der Waals surface area contributed by atoms with Gasteiger partial charge in [0.05, 0.1) is 18.0 Å². The summed E-state index contributed by atoms with van der Waals surface area (Å²) in [5.41, 5.74) is -0.0821. The highest BCUT2D eigenvalue weighted by Gasteiger charge is 2.27. The molecule has 0 aliphatic heterocycles. The van der Waals surface area contributed by atoms with E-state index in [-0.39, 0.29) is 37.0 Å². The fourth-order valence-corrected chi connectivity index (χ4v) is 6.54. The van der Waals surface area contributed by atoms with Gasteiger partial charge in [0, 0.05) is 40.6 Å². The number of rotatable bonds is 17. The van der Waals surface area contributed by atoms with E-state index >= 15 is 0 Å². The van der Waals surface area contributed by atoms with Crippen molar-refractivity contribution in [1.29, 1.82) is 0 Å². The second-order valence-electron chi connectivity index (χ2n) is 15.1. The minimum atomic E-state index is -3.86. The molecule has 0 aliphatic carbocycles. The van der Waals surface area contributed by atoms with E-state index < -0.39 is 52.2 Å². The smallest absolute Gasteiger partial charge is 0.326 e. The highest BCUT2D eigenvalue weighted by atomic mass is 127. The van der Waals surface area contributed by atoms with Crippen molar-refractivity contribution in [3.63, 3.8) is 0 Å². The number of sulfonamides is 1. The monoisotopic (exact) mass is 904 g/mol. The molecule has 0 atom stereocenters. The molecule has 0 spiro atoms.